The van der Waals surface area contributed by atoms with Crippen LogP contribution in [0.15, 0.2) is 66.0 Å². The maximum absolute atomic E-state index is 13.6. The highest BCUT2D eigenvalue weighted by Crippen LogP contribution is 2.22. The summed E-state index contributed by atoms with van der Waals surface area (Å²) in [7, 11) is 0. The molecule has 3 nitrogen and oxygen atoms in total. The van der Waals surface area contributed by atoms with Crippen molar-refractivity contribution in [2.45, 2.75) is 6.04 Å². The lowest BCUT2D eigenvalue weighted by Gasteiger charge is -2.15. The third-order valence-electron chi connectivity index (χ3n) is 3.75. The average molecular weight is 359 g/mol. The van der Waals surface area contributed by atoms with Crippen molar-refractivity contribution in [3.8, 4) is 0 Å². The Kier molecular flexibility index (Phi) is 5.53. The normalized spacial score (nSPS) is 11.9. The number of benzene rings is 2. The molecule has 2 aromatic carbocycles. The van der Waals surface area contributed by atoms with Gasteiger partial charge in [0.05, 0.1) is 10.6 Å². The van der Waals surface area contributed by atoms with Crippen LogP contribution in [0.25, 0.3) is 0 Å². The molecule has 3 N–H and O–H groups in total. The third kappa shape index (κ3) is 4.49. The van der Waals surface area contributed by atoms with Crippen molar-refractivity contribution in [2.75, 3.05) is 11.9 Å². The first-order valence-corrected chi connectivity index (χ1v) is 8.68. The lowest BCUT2D eigenvalue weighted by molar-refractivity contribution is -0.675. The number of nitrogens with one attached hydrogen (secondary N) is 1. The Hall–Kier alpha value is -2.57. The predicted octanol–water partition coefficient (Wildman–Crippen LogP) is 3.32. The van der Waals surface area contributed by atoms with Gasteiger partial charge in [-0.3, -0.25) is 4.79 Å². The molecular formula is C19H17F2N2OS+. The van der Waals surface area contributed by atoms with Crippen LogP contribution in [-0.4, -0.2) is 12.5 Å². The Morgan fingerprint density at radius 2 is 1.88 bits per heavy atom. The van der Waals surface area contributed by atoms with Gasteiger partial charge in [0.2, 0.25) is 0 Å². The van der Waals surface area contributed by atoms with Crippen LogP contribution in [0.1, 0.15) is 16.5 Å². The highest BCUT2D eigenvalue weighted by Gasteiger charge is 2.20. The van der Waals surface area contributed by atoms with Crippen molar-refractivity contribution in [1.29, 1.82) is 0 Å². The summed E-state index contributed by atoms with van der Waals surface area (Å²) in [5, 5.41) is 6.29. The lowest BCUT2D eigenvalue weighted by atomic mass is 10.1. The fourth-order valence-electron chi connectivity index (χ4n) is 2.56. The summed E-state index contributed by atoms with van der Waals surface area (Å²) in [4.78, 5) is 13.3. The van der Waals surface area contributed by atoms with Gasteiger partial charge in [-0.25, -0.2) is 8.78 Å². The van der Waals surface area contributed by atoms with Crippen LogP contribution in [0, 0.1) is 11.6 Å². The highest BCUT2D eigenvalue weighted by atomic mass is 32.1. The molecule has 0 spiro atoms. The maximum atomic E-state index is 13.6. The van der Waals surface area contributed by atoms with Crippen molar-refractivity contribution < 1.29 is 18.9 Å². The van der Waals surface area contributed by atoms with Crippen LogP contribution in [-0.2, 0) is 4.79 Å². The molecule has 3 aromatic rings. The SMILES string of the molecule is O=C(C[NH2+][C@H](c1ccccc1)c1cccs1)Nc1cc(F)ccc1F. The standard InChI is InChI=1S/C19H16F2N2OS/c20-14-8-9-15(21)16(11-14)23-18(24)12-22-19(17-7-4-10-25-17)13-5-2-1-3-6-13/h1-11,19,22H,12H2,(H,23,24)/p+1/t19-/m1/s1. The minimum absolute atomic E-state index is 0.0238. The predicted molar refractivity (Wildman–Crippen MR) is 94.4 cm³/mol. The van der Waals surface area contributed by atoms with E-state index >= 15 is 0 Å². The molecule has 0 fully saturated rings. The van der Waals surface area contributed by atoms with Crippen LogP contribution in [0.2, 0.25) is 0 Å². The van der Waals surface area contributed by atoms with Crippen LogP contribution < -0.4 is 10.6 Å². The number of carbonyl (C=O) groups is 1. The molecule has 25 heavy (non-hydrogen) atoms. The molecule has 0 saturated heterocycles. The molecule has 0 unspecified atom stereocenters. The zero-order valence-electron chi connectivity index (χ0n) is 13.3. The molecular weight excluding hydrogens is 342 g/mol. The quantitative estimate of drug-likeness (QED) is 0.697. The molecule has 1 heterocycles. The second-order valence-electron chi connectivity index (χ2n) is 5.52. The zero-order chi connectivity index (χ0) is 17.6. The largest absolute Gasteiger partial charge is 0.328 e. The van der Waals surface area contributed by atoms with E-state index in [1.165, 1.54) is 0 Å². The minimum atomic E-state index is -0.660. The van der Waals surface area contributed by atoms with E-state index in [1.807, 2.05) is 53.2 Å². The number of thiophene rings is 1. The number of anilines is 1. The Balaban J connectivity index is 1.69. The Bertz CT molecular complexity index is 838. The first-order chi connectivity index (χ1) is 12.1. The van der Waals surface area contributed by atoms with Gasteiger partial charge in [-0.1, -0.05) is 36.4 Å². The van der Waals surface area contributed by atoms with E-state index in [-0.39, 0.29) is 24.2 Å². The van der Waals surface area contributed by atoms with E-state index in [0.717, 1.165) is 28.6 Å². The van der Waals surface area contributed by atoms with Gasteiger partial charge in [-0.05, 0) is 23.6 Å². The minimum Gasteiger partial charge on any atom is -0.328 e. The molecule has 0 aliphatic carbocycles. The van der Waals surface area contributed by atoms with Crippen molar-refractivity contribution in [3.63, 3.8) is 0 Å². The van der Waals surface area contributed by atoms with Crippen LogP contribution in [0.3, 0.4) is 0 Å². The summed E-state index contributed by atoms with van der Waals surface area (Å²) >= 11 is 1.61. The van der Waals surface area contributed by atoms with Crippen LogP contribution in [0.4, 0.5) is 14.5 Å². The summed E-state index contributed by atoms with van der Waals surface area (Å²) in [6.07, 6.45) is 0. The second kappa shape index (κ2) is 8.00. The van der Waals surface area contributed by atoms with Gasteiger partial charge in [-0.15, -0.1) is 11.3 Å². The Morgan fingerprint density at radius 1 is 1.08 bits per heavy atom. The molecule has 0 radical (unpaired) electrons. The number of hydrogen-bond donors (Lipinski definition) is 2. The Morgan fingerprint density at radius 3 is 2.60 bits per heavy atom. The molecule has 128 valence electrons. The lowest BCUT2D eigenvalue weighted by Crippen LogP contribution is -2.87. The van der Waals surface area contributed by atoms with E-state index < -0.39 is 11.6 Å². The van der Waals surface area contributed by atoms with Gasteiger partial charge in [0, 0.05) is 11.6 Å². The number of carbonyl (C=O) groups excluding carboxylic acids is 1. The second-order valence-corrected chi connectivity index (χ2v) is 6.50. The first kappa shape index (κ1) is 17.3. The summed E-state index contributed by atoms with van der Waals surface area (Å²) in [5.41, 5.74) is 0.931. The van der Waals surface area contributed by atoms with Gasteiger partial charge in [0.25, 0.3) is 5.91 Å². The molecule has 1 atom stereocenters. The van der Waals surface area contributed by atoms with Crippen molar-refractivity contribution in [1.82, 2.24) is 0 Å². The molecule has 0 saturated carbocycles. The van der Waals surface area contributed by atoms with Crippen molar-refractivity contribution in [2.24, 2.45) is 0 Å². The smallest absolute Gasteiger partial charge is 0.279 e. The number of quaternary nitrogens is 1. The van der Waals surface area contributed by atoms with Crippen LogP contribution in [0.5, 0.6) is 0 Å². The molecule has 1 aromatic heterocycles. The number of hydrogen-bond acceptors (Lipinski definition) is 2. The molecule has 6 heteroatoms. The zero-order valence-corrected chi connectivity index (χ0v) is 14.1. The van der Waals surface area contributed by atoms with Crippen molar-refractivity contribution >= 4 is 22.9 Å². The number of nitrogens with two attached hydrogens (primary N) is 1. The van der Waals surface area contributed by atoms with E-state index in [0.29, 0.717) is 0 Å². The molecule has 3 rings (SSSR count). The Labute approximate surface area is 148 Å². The number of halogens is 2. The van der Waals surface area contributed by atoms with Crippen LogP contribution >= 0.6 is 11.3 Å². The van der Waals surface area contributed by atoms with Gasteiger partial charge in [0.1, 0.15) is 17.7 Å². The summed E-state index contributed by atoms with van der Waals surface area (Å²) in [6.45, 7) is 0.0907. The molecule has 0 aliphatic rings. The summed E-state index contributed by atoms with van der Waals surface area (Å²) in [5.74, 6) is -1.64. The monoisotopic (exact) mass is 359 g/mol. The van der Waals surface area contributed by atoms with Gasteiger partial charge in [-0.2, -0.15) is 0 Å². The van der Waals surface area contributed by atoms with Gasteiger partial charge in [0.15, 0.2) is 6.54 Å². The maximum Gasteiger partial charge on any atom is 0.279 e. The third-order valence-corrected chi connectivity index (χ3v) is 4.71. The first-order valence-electron chi connectivity index (χ1n) is 7.80. The van der Waals surface area contributed by atoms with E-state index in [4.69, 9.17) is 0 Å². The van der Waals surface area contributed by atoms with Gasteiger partial charge >= 0.3 is 0 Å². The number of rotatable bonds is 6. The summed E-state index contributed by atoms with van der Waals surface area (Å²) < 4.78 is 26.8. The fraction of sp³-hybridized carbons (Fsp3) is 0.105. The van der Waals surface area contributed by atoms with E-state index in [9.17, 15) is 13.6 Å². The van der Waals surface area contributed by atoms with Gasteiger partial charge < -0.3 is 10.6 Å². The highest BCUT2D eigenvalue weighted by molar-refractivity contribution is 7.10. The van der Waals surface area contributed by atoms with Crippen molar-refractivity contribution in [3.05, 3.63) is 88.1 Å². The van der Waals surface area contributed by atoms with E-state index in [2.05, 4.69) is 5.32 Å². The molecule has 1 amide bonds. The topological polar surface area (TPSA) is 45.7 Å². The molecule has 0 bridgehead atoms. The number of amides is 1. The van der Waals surface area contributed by atoms with E-state index in [1.54, 1.807) is 11.3 Å². The summed E-state index contributed by atoms with van der Waals surface area (Å²) in [6, 6.07) is 16.8. The molecule has 0 aliphatic heterocycles. The average Bonchev–Trinajstić information content (AvgIpc) is 3.14. The fourth-order valence-corrected chi connectivity index (χ4v) is 3.41.